The van der Waals surface area contributed by atoms with Crippen molar-refractivity contribution in [3.05, 3.63) is 0 Å². The predicted octanol–water partition coefficient (Wildman–Crippen LogP) is 0.955. The quantitative estimate of drug-likeness (QED) is 0.203. The predicted molar refractivity (Wildman–Crippen MR) is 54.5 cm³/mol. The van der Waals surface area contributed by atoms with Crippen LogP contribution in [0.1, 0.15) is 26.7 Å². The lowest BCUT2D eigenvalue weighted by molar-refractivity contribution is -0.00362. The maximum atomic E-state index is 8.26. The lowest BCUT2D eigenvalue weighted by atomic mass is 10.3. The van der Waals surface area contributed by atoms with E-state index in [0.717, 1.165) is 6.42 Å². The van der Waals surface area contributed by atoms with Crippen molar-refractivity contribution in [3.8, 4) is 0 Å². The largest absolute Gasteiger partial charge is 0.409 e. The van der Waals surface area contributed by atoms with Crippen LogP contribution < -0.4 is 5.73 Å². The highest BCUT2D eigenvalue weighted by Crippen LogP contribution is 1.96. The smallest absolute Gasteiger partial charge is 0.139 e. The summed E-state index contributed by atoms with van der Waals surface area (Å²) < 4.78 is 10.6. The molecule has 0 aromatic rings. The molecule has 0 radical (unpaired) electrons. The number of oxime groups is 1. The third-order valence-electron chi connectivity index (χ3n) is 1.66. The van der Waals surface area contributed by atoms with Gasteiger partial charge in [-0.3, -0.25) is 0 Å². The van der Waals surface area contributed by atoms with Gasteiger partial charge in [-0.15, -0.1) is 0 Å². The minimum atomic E-state index is 0.0993. The van der Waals surface area contributed by atoms with Crippen LogP contribution in [-0.4, -0.2) is 37.0 Å². The number of amidine groups is 1. The number of hydrogen-bond donors (Lipinski definition) is 2. The van der Waals surface area contributed by atoms with Crippen molar-refractivity contribution in [2.75, 3.05) is 19.8 Å². The Labute approximate surface area is 84.9 Å². The minimum Gasteiger partial charge on any atom is -0.409 e. The molecule has 0 aliphatic carbocycles. The normalized spacial score (nSPS) is 14.3. The van der Waals surface area contributed by atoms with Crippen LogP contribution in [0.25, 0.3) is 0 Å². The van der Waals surface area contributed by atoms with Gasteiger partial charge in [-0.1, -0.05) is 5.16 Å². The minimum absolute atomic E-state index is 0.0993. The van der Waals surface area contributed by atoms with Gasteiger partial charge in [-0.2, -0.15) is 0 Å². The summed E-state index contributed by atoms with van der Waals surface area (Å²) in [7, 11) is 0. The Hall–Kier alpha value is -0.810. The molecule has 0 heterocycles. The van der Waals surface area contributed by atoms with Crippen molar-refractivity contribution in [2.24, 2.45) is 10.9 Å². The molecule has 1 atom stereocenters. The van der Waals surface area contributed by atoms with E-state index in [0.29, 0.717) is 26.2 Å². The van der Waals surface area contributed by atoms with E-state index < -0.39 is 0 Å². The molecular formula is C9H20N2O3. The van der Waals surface area contributed by atoms with Crippen molar-refractivity contribution >= 4 is 5.84 Å². The highest BCUT2D eigenvalue weighted by atomic mass is 16.5. The van der Waals surface area contributed by atoms with Crippen LogP contribution in [0.2, 0.25) is 0 Å². The molecule has 0 rings (SSSR count). The lowest BCUT2D eigenvalue weighted by Gasteiger charge is -2.12. The van der Waals surface area contributed by atoms with Crippen LogP contribution in [-0.2, 0) is 9.47 Å². The Balaban J connectivity index is 3.27. The molecule has 0 saturated carbocycles. The van der Waals surface area contributed by atoms with E-state index in [1.165, 1.54) is 0 Å². The first kappa shape index (κ1) is 13.2. The lowest BCUT2D eigenvalue weighted by Crippen LogP contribution is -2.18. The molecule has 1 unspecified atom stereocenters. The molecule has 5 heteroatoms. The van der Waals surface area contributed by atoms with E-state index in [4.69, 9.17) is 20.4 Å². The maximum absolute atomic E-state index is 8.26. The van der Waals surface area contributed by atoms with Gasteiger partial charge in [0.2, 0.25) is 0 Å². The molecule has 84 valence electrons. The van der Waals surface area contributed by atoms with Crippen LogP contribution in [0.5, 0.6) is 0 Å². The zero-order chi connectivity index (χ0) is 10.8. The van der Waals surface area contributed by atoms with Gasteiger partial charge in [-0.05, 0) is 20.3 Å². The fraction of sp³-hybridized carbons (Fsp3) is 0.889. The summed E-state index contributed by atoms with van der Waals surface area (Å²) in [5.41, 5.74) is 5.29. The summed E-state index contributed by atoms with van der Waals surface area (Å²) in [6.07, 6.45) is 1.41. The summed E-state index contributed by atoms with van der Waals surface area (Å²) >= 11 is 0. The highest BCUT2D eigenvalue weighted by molar-refractivity contribution is 5.79. The second-order valence-electron chi connectivity index (χ2n) is 3.04. The Morgan fingerprint density at radius 2 is 2.29 bits per heavy atom. The van der Waals surface area contributed by atoms with E-state index in [9.17, 15) is 0 Å². The highest BCUT2D eigenvalue weighted by Gasteiger charge is 2.01. The van der Waals surface area contributed by atoms with E-state index in [1.54, 1.807) is 0 Å². The fourth-order valence-corrected chi connectivity index (χ4v) is 0.920. The molecule has 0 aliphatic heterocycles. The monoisotopic (exact) mass is 204 g/mol. The number of rotatable bonds is 8. The van der Waals surface area contributed by atoms with E-state index in [1.807, 2.05) is 13.8 Å². The van der Waals surface area contributed by atoms with E-state index in [-0.39, 0.29) is 11.9 Å². The van der Waals surface area contributed by atoms with Crippen molar-refractivity contribution in [1.29, 1.82) is 0 Å². The van der Waals surface area contributed by atoms with Gasteiger partial charge in [0.1, 0.15) is 5.84 Å². The van der Waals surface area contributed by atoms with Crippen molar-refractivity contribution in [2.45, 2.75) is 32.8 Å². The molecule has 0 aliphatic rings. The van der Waals surface area contributed by atoms with Crippen LogP contribution in [0.4, 0.5) is 0 Å². The van der Waals surface area contributed by atoms with Crippen LogP contribution in [0, 0.1) is 0 Å². The fourth-order valence-electron chi connectivity index (χ4n) is 0.920. The summed E-state index contributed by atoms with van der Waals surface area (Å²) in [5.74, 6) is 0.242. The third-order valence-corrected chi connectivity index (χ3v) is 1.66. The molecule has 0 fully saturated rings. The molecule has 14 heavy (non-hydrogen) atoms. The Morgan fingerprint density at radius 1 is 1.57 bits per heavy atom. The van der Waals surface area contributed by atoms with Gasteiger partial charge in [0, 0.05) is 19.6 Å². The average molecular weight is 204 g/mol. The van der Waals surface area contributed by atoms with Gasteiger partial charge < -0.3 is 20.4 Å². The zero-order valence-electron chi connectivity index (χ0n) is 8.90. The standard InChI is InChI=1S/C9H20N2O3/c1-3-13-7-8(2)14-6-4-5-9(10)11-12/h8,12H,3-7H2,1-2H3,(H2,10,11). The first-order valence-electron chi connectivity index (χ1n) is 4.86. The van der Waals surface area contributed by atoms with Crippen LogP contribution in [0.15, 0.2) is 5.16 Å². The van der Waals surface area contributed by atoms with Gasteiger partial charge >= 0.3 is 0 Å². The first-order chi connectivity index (χ1) is 6.70. The molecule has 0 amide bonds. The summed E-state index contributed by atoms with van der Waals surface area (Å²) in [6, 6.07) is 0. The zero-order valence-corrected chi connectivity index (χ0v) is 8.90. The number of nitrogens with zero attached hydrogens (tertiary/aromatic N) is 1. The molecule has 0 saturated heterocycles. The molecule has 0 aromatic carbocycles. The summed E-state index contributed by atoms with van der Waals surface area (Å²) in [4.78, 5) is 0. The maximum Gasteiger partial charge on any atom is 0.139 e. The average Bonchev–Trinajstić information content (AvgIpc) is 2.21. The molecule has 5 nitrogen and oxygen atoms in total. The molecule has 0 bridgehead atoms. The van der Waals surface area contributed by atoms with Gasteiger partial charge in [0.15, 0.2) is 0 Å². The molecule has 0 spiro atoms. The second-order valence-corrected chi connectivity index (χ2v) is 3.04. The third kappa shape index (κ3) is 7.82. The van der Waals surface area contributed by atoms with E-state index in [2.05, 4.69) is 5.16 Å². The number of hydrogen-bond acceptors (Lipinski definition) is 4. The molecular weight excluding hydrogens is 184 g/mol. The van der Waals surface area contributed by atoms with Crippen LogP contribution in [0.3, 0.4) is 0 Å². The van der Waals surface area contributed by atoms with Crippen molar-refractivity contribution in [3.63, 3.8) is 0 Å². The number of nitrogens with two attached hydrogens (primary N) is 1. The molecule has 0 aromatic heterocycles. The second kappa shape index (κ2) is 8.77. The Kier molecular flexibility index (Phi) is 8.27. The van der Waals surface area contributed by atoms with E-state index >= 15 is 0 Å². The van der Waals surface area contributed by atoms with Gasteiger partial charge in [0.25, 0.3) is 0 Å². The van der Waals surface area contributed by atoms with Gasteiger partial charge in [0.05, 0.1) is 12.7 Å². The molecule has 3 N–H and O–H groups in total. The summed E-state index contributed by atoms with van der Waals surface area (Å²) in [6.45, 7) is 5.83. The van der Waals surface area contributed by atoms with Crippen LogP contribution >= 0.6 is 0 Å². The topological polar surface area (TPSA) is 77.1 Å². The SMILES string of the molecule is CCOCC(C)OCCCC(N)=NO. The summed E-state index contributed by atoms with van der Waals surface area (Å²) in [5, 5.41) is 11.1. The van der Waals surface area contributed by atoms with Crippen molar-refractivity contribution < 1.29 is 14.7 Å². The van der Waals surface area contributed by atoms with Crippen molar-refractivity contribution in [1.82, 2.24) is 0 Å². The van der Waals surface area contributed by atoms with Gasteiger partial charge in [-0.25, -0.2) is 0 Å². The Morgan fingerprint density at radius 3 is 2.86 bits per heavy atom. The first-order valence-corrected chi connectivity index (χ1v) is 4.86. The number of ether oxygens (including phenoxy) is 2. The Bertz CT molecular complexity index is 162.